The molecule has 0 aromatic carbocycles. The molecular formula is C17H25ClN5O8P. The number of nitrogens with zero attached hydrogens (tertiary/aromatic N) is 4. The minimum atomic E-state index is -4.89. The number of halogens is 1. The summed E-state index contributed by atoms with van der Waals surface area (Å²) in [4.78, 5) is 43.4. The number of ether oxygens (including phenoxy) is 2. The topological polar surface area (TPSA) is 189 Å². The molecule has 2 aromatic heterocycles. The van der Waals surface area contributed by atoms with E-state index >= 15 is 0 Å². The fraction of sp³-hybridized carbons (Fsp3) is 0.647. The summed E-state index contributed by atoms with van der Waals surface area (Å²) in [7, 11) is -4.89. The molecule has 0 amide bonds. The Morgan fingerprint density at radius 3 is 2.69 bits per heavy atom. The number of Topliss-reactive ketones (excluding diaryl/α,β-unsaturated/α-hetero) is 1. The van der Waals surface area contributed by atoms with Crippen LogP contribution in [0.3, 0.4) is 0 Å². The van der Waals surface area contributed by atoms with Crippen molar-refractivity contribution in [3.63, 3.8) is 0 Å². The van der Waals surface area contributed by atoms with E-state index in [4.69, 9.17) is 21.1 Å². The number of rotatable bonds is 10. The number of nitrogens with one attached hydrogen (secondary N) is 1. The first kappa shape index (κ1) is 24.9. The molecule has 0 unspecified atom stereocenters. The molecule has 1 aliphatic heterocycles. The fourth-order valence-electron chi connectivity index (χ4n) is 3.40. The van der Waals surface area contributed by atoms with E-state index in [0.29, 0.717) is 24.3 Å². The van der Waals surface area contributed by atoms with Crippen LogP contribution in [0, 0.1) is 0 Å². The highest BCUT2D eigenvalue weighted by molar-refractivity contribution is 7.53. The predicted molar refractivity (Wildman–Crippen MR) is 112 cm³/mol. The van der Waals surface area contributed by atoms with Gasteiger partial charge >= 0.3 is 7.60 Å². The van der Waals surface area contributed by atoms with E-state index in [9.17, 15) is 29.4 Å². The van der Waals surface area contributed by atoms with Crippen molar-refractivity contribution in [2.75, 3.05) is 18.5 Å². The lowest BCUT2D eigenvalue weighted by atomic mass is 10.1. The summed E-state index contributed by atoms with van der Waals surface area (Å²) in [5, 5.41) is 23.9. The maximum Gasteiger partial charge on any atom is 0.361 e. The van der Waals surface area contributed by atoms with Gasteiger partial charge in [-0.2, -0.15) is 9.97 Å². The molecule has 1 fully saturated rings. The highest BCUT2D eigenvalue weighted by atomic mass is 35.5. The van der Waals surface area contributed by atoms with Crippen molar-refractivity contribution >= 4 is 42.0 Å². The van der Waals surface area contributed by atoms with Crippen molar-refractivity contribution in [1.29, 1.82) is 0 Å². The number of aromatic nitrogens is 4. The second-order valence-electron chi connectivity index (χ2n) is 7.23. The predicted octanol–water partition coefficient (Wildman–Crippen LogP) is 0.420. The summed E-state index contributed by atoms with van der Waals surface area (Å²) in [5.74, 6) is -2.35. The van der Waals surface area contributed by atoms with Crippen molar-refractivity contribution in [3.05, 3.63) is 11.6 Å². The molecule has 0 saturated carbocycles. The van der Waals surface area contributed by atoms with Gasteiger partial charge in [0.1, 0.15) is 18.3 Å². The van der Waals surface area contributed by atoms with Crippen molar-refractivity contribution in [2.45, 2.75) is 57.1 Å². The Balaban J connectivity index is 1.81. The van der Waals surface area contributed by atoms with Crippen LogP contribution in [-0.2, 0) is 18.8 Å². The van der Waals surface area contributed by atoms with Crippen LogP contribution in [0.2, 0.25) is 5.28 Å². The Bertz CT molecular complexity index is 1020. The minimum Gasteiger partial charge on any atom is -0.387 e. The molecule has 1 aliphatic rings. The Labute approximate surface area is 187 Å². The van der Waals surface area contributed by atoms with Gasteiger partial charge in [-0.15, -0.1) is 0 Å². The van der Waals surface area contributed by atoms with E-state index < -0.39 is 50.4 Å². The smallest absolute Gasteiger partial charge is 0.361 e. The van der Waals surface area contributed by atoms with Crippen LogP contribution in [0.1, 0.15) is 32.9 Å². The van der Waals surface area contributed by atoms with E-state index in [2.05, 4.69) is 20.3 Å². The number of aliphatic hydroxyl groups excluding tert-OH is 2. The Kier molecular flexibility index (Phi) is 7.84. The third-order valence-electron chi connectivity index (χ3n) is 4.85. The lowest BCUT2D eigenvalue weighted by Crippen LogP contribution is -2.36. The Morgan fingerprint density at radius 1 is 1.34 bits per heavy atom. The number of hydrogen-bond donors (Lipinski definition) is 5. The molecule has 13 nitrogen and oxygen atoms in total. The lowest BCUT2D eigenvalue weighted by molar-refractivity contribution is -0.130. The SMILES string of the molecule is CCCC(=O)[C@@H](OC[C@H]1O[C@@H](n2cnc3c(NCC)nc(Cl)nc32)[C@H](O)[C@@H]1O)P(=O)(O)O. The standard InChI is InChI=1S/C17H25ClN5O8P/c1-3-5-8(24)16(32(27,28)29)30-6-9-11(25)12(26)15(31-9)23-7-20-10-13(19-4-2)21-17(18)22-14(10)23/h7,9,11-12,15-16,25-26H,3-6H2,1-2H3,(H,19,21,22)(H2,27,28,29)/t9-,11-,12-,15-,16+/m1/s1. The molecule has 0 bridgehead atoms. The third-order valence-corrected chi connectivity index (χ3v) is 6.06. The van der Waals surface area contributed by atoms with Crippen LogP contribution in [0.4, 0.5) is 5.82 Å². The first-order valence-electron chi connectivity index (χ1n) is 9.93. The molecule has 5 N–H and O–H groups in total. The van der Waals surface area contributed by atoms with Gasteiger partial charge in [0.25, 0.3) is 0 Å². The highest BCUT2D eigenvalue weighted by Crippen LogP contribution is 2.43. The molecule has 32 heavy (non-hydrogen) atoms. The molecule has 5 atom stereocenters. The molecule has 0 spiro atoms. The molecular weight excluding hydrogens is 469 g/mol. The number of fused-ring (bicyclic) bond motifs is 1. The zero-order valence-corrected chi connectivity index (χ0v) is 19.0. The molecule has 3 rings (SSSR count). The zero-order valence-electron chi connectivity index (χ0n) is 17.3. The van der Waals surface area contributed by atoms with Gasteiger partial charge in [-0.1, -0.05) is 6.92 Å². The summed E-state index contributed by atoms with van der Waals surface area (Å²) in [5.41, 5.74) is 0.609. The molecule has 1 saturated heterocycles. The first-order chi connectivity index (χ1) is 15.1. The van der Waals surface area contributed by atoms with Crippen LogP contribution >= 0.6 is 19.2 Å². The maximum atomic E-state index is 12.0. The van der Waals surface area contributed by atoms with Gasteiger partial charge in [-0.05, 0) is 24.9 Å². The molecule has 178 valence electrons. The largest absolute Gasteiger partial charge is 0.387 e. The van der Waals surface area contributed by atoms with Crippen LogP contribution in [-0.4, -0.2) is 82.6 Å². The van der Waals surface area contributed by atoms with Gasteiger partial charge in [0, 0.05) is 13.0 Å². The molecule has 0 radical (unpaired) electrons. The highest BCUT2D eigenvalue weighted by Gasteiger charge is 2.46. The molecule has 2 aromatic rings. The average Bonchev–Trinajstić information content (AvgIpc) is 3.23. The molecule has 0 aliphatic carbocycles. The average molecular weight is 494 g/mol. The first-order valence-corrected chi connectivity index (χ1v) is 12.0. The van der Waals surface area contributed by atoms with E-state index in [-0.39, 0.29) is 17.4 Å². The van der Waals surface area contributed by atoms with Gasteiger partial charge in [0.05, 0.1) is 12.9 Å². The second-order valence-corrected chi connectivity index (χ2v) is 9.22. The second kappa shape index (κ2) is 10.1. The zero-order chi connectivity index (χ0) is 23.6. The number of imidazole rings is 1. The van der Waals surface area contributed by atoms with Gasteiger partial charge in [-0.3, -0.25) is 13.9 Å². The Hall–Kier alpha value is -1.70. The summed E-state index contributed by atoms with van der Waals surface area (Å²) in [6, 6.07) is 0. The number of carbonyl (C=O) groups excluding carboxylic acids is 1. The Morgan fingerprint density at radius 2 is 2.06 bits per heavy atom. The lowest BCUT2D eigenvalue weighted by Gasteiger charge is -2.21. The van der Waals surface area contributed by atoms with E-state index in [1.165, 1.54) is 10.9 Å². The van der Waals surface area contributed by atoms with Crippen LogP contribution in [0.5, 0.6) is 0 Å². The minimum absolute atomic E-state index is 0.0676. The normalized spacial score (nSPS) is 24.7. The fourth-order valence-corrected chi connectivity index (χ4v) is 4.35. The van der Waals surface area contributed by atoms with Crippen molar-refractivity contribution in [2.24, 2.45) is 0 Å². The summed E-state index contributed by atoms with van der Waals surface area (Å²) >= 11 is 5.99. The van der Waals surface area contributed by atoms with Gasteiger partial charge in [-0.25, -0.2) is 4.98 Å². The number of ketones is 1. The van der Waals surface area contributed by atoms with Gasteiger partial charge in [0.2, 0.25) is 11.1 Å². The van der Waals surface area contributed by atoms with Crippen LogP contribution < -0.4 is 5.32 Å². The van der Waals surface area contributed by atoms with Gasteiger partial charge in [0.15, 0.2) is 29.0 Å². The quantitative estimate of drug-likeness (QED) is 0.227. The van der Waals surface area contributed by atoms with Crippen molar-refractivity contribution in [1.82, 2.24) is 19.5 Å². The van der Waals surface area contributed by atoms with Crippen molar-refractivity contribution in [3.8, 4) is 0 Å². The van der Waals surface area contributed by atoms with E-state index in [0.717, 1.165) is 0 Å². The maximum absolute atomic E-state index is 12.0. The third kappa shape index (κ3) is 5.10. The number of aliphatic hydroxyl groups is 2. The van der Waals surface area contributed by atoms with Gasteiger partial charge < -0.3 is 34.8 Å². The number of hydrogen-bond acceptors (Lipinski definition) is 10. The van der Waals surface area contributed by atoms with Crippen LogP contribution in [0.25, 0.3) is 11.2 Å². The molecule has 15 heteroatoms. The van der Waals surface area contributed by atoms with E-state index in [1.54, 1.807) is 6.92 Å². The molecule has 3 heterocycles. The number of carbonyl (C=O) groups is 1. The summed E-state index contributed by atoms with van der Waals surface area (Å²) < 4.78 is 23.9. The summed E-state index contributed by atoms with van der Waals surface area (Å²) in [6.07, 6.45) is -3.60. The summed E-state index contributed by atoms with van der Waals surface area (Å²) in [6.45, 7) is 3.56. The van der Waals surface area contributed by atoms with E-state index in [1.807, 2.05) is 6.92 Å². The van der Waals surface area contributed by atoms with Crippen LogP contribution in [0.15, 0.2) is 6.33 Å². The number of anilines is 1. The van der Waals surface area contributed by atoms with Crippen molar-refractivity contribution < 1.29 is 38.8 Å². The monoisotopic (exact) mass is 493 g/mol.